The highest BCUT2D eigenvalue weighted by molar-refractivity contribution is 6.23. The number of imide groups is 1. The van der Waals surface area contributed by atoms with E-state index in [-0.39, 0.29) is 5.84 Å². The first kappa shape index (κ1) is 12.5. The molecule has 2 aliphatic heterocycles. The summed E-state index contributed by atoms with van der Waals surface area (Å²) >= 11 is 0. The zero-order valence-electron chi connectivity index (χ0n) is 10.9. The van der Waals surface area contributed by atoms with E-state index < -0.39 is 23.8 Å². The predicted octanol–water partition coefficient (Wildman–Crippen LogP) is 0.847. The van der Waals surface area contributed by atoms with Crippen LogP contribution in [0.4, 0.5) is 0 Å². The number of fused-ring (bicyclic) bond motifs is 1. The lowest BCUT2D eigenvalue weighted by molar-refractivity contribution is -0.124. The lowest BCUT2D eigenvalue weighted by atomic mass is 10.0. The lowest BCUT2D eigenvalue weighted by Gasteiger charge is -2.28. The van der Waals surface area contributed by atoms with Gasteiger partial charge in [-0.3, -0.25) is 24.7 Å². The van der Waals surface area contributed by atoms with Crippen LogP contribution in [0.15, 0.2) is 18.2 Å². The summed E-state index contributed by atoms with van der Waals surface area (Å²) < 4.78 is 0. The Morgan fingerprint density at radius 3 is 2.60 bits per heavy atom. The first-order chi connectivity index (χ1) is 9.49. The van der Waals surface area contributed by atoms with Gasteiger partial charge in [0, 0.05) is 6.42 Å². The minimum absolute atomic E-state index is 0.124. The molecule has 1 aromatic carbocycles. The first-order valence-electron chi connectivity index (χ1n) is 6.36. The summed E-state index contributed by atoms with van der Waals surface area (Å²) in [5, 5.41) is 9.80. The van der Waals surface area contributed by atoms with Crippen LogP contribution < -0.4 is 5.32 Å². The summed E-state index contributed by atoms with van der Waals surface area (Å²) in [5.41, 5.74) is 1.58. The SMILES string of the molecule is Cc1ccc2c(c1)C(=O)N(C1CCC(=N)NC1=O)C2=O. The molecular weight excluding hydrogens is 258 g/mol. The van der Waals surface area contributed by atoms with E-state index in [0.717, 1.165) is 10.5 Å². The molecule has 0 aliphatic carbocycles. The van der Waals surface area contributed by atoms with Gasteiger partial charge < -0.3 is 5.32 Å². The van der Waals surface area contributed by atoms with E-state index >= 15 is 0 Å². The molecule has 1 unspecified atom stereocenters. The highest BCUT2D eigenvalue weighted by Crippen LogP contribution is 2.28. The zero-order valence-corrected chi connectivity index (χ0v) is 10.9. The summed E-state index contributed by atoms with van der Waals surface area (Å²) in [6.07, 6.45) is 0.651. The molecular formula is C14H13N3O3. The molecule has 0 bridgehead atoms. The molecule has 1 atom stereocenters. The second-order valence-corrected chi connectivity index (χ2v) is 5.05. The van der Waals surface area contributed by atoms with Gasteiger partial charge in [-0.05, 0) is 25.5 Å². The summed E-state index contributed by atoms with van der Waals surface area (Å²) in [4.78, 5) is 37.6. The van der Waals surface area contributed by atoms with Crippen LogP contribution >= 0.6 is 0 Å². The van der Waals surface area contributed by atoms with Crippen molar-refractivity contribution < 1.29 is 14.4 Å². The fourth-order valence-electron chi connectivity index (χ4n) is 2.61. The molecule has 2 aliphatic rings. The van der Waals surface area contributed by atoms with Crippen molar-refractivity contribution in [1.82, 2.24) is 10.2 Å². The molecule has 0 aromatic heterocycles. The van der Waals surface area contributed by atoms with Gasteiger partial charge in [-0.2, -0.15) is 0 Å². The van der Waals surface area contributed by atoms with Gasteiger partial charge in [0.2, 0.25) is 5.91 Å². The molecule has 1 aromatic rings. The number of nitrogens with one attached hydrogen (secondary N) is 2. The fraction of sp³-hybridized carbons (Fsp3) is 0.286. The van der Waals surface area contributed by atoms with Crippen LogP contribution in [0.2, 0.25) is 0 Å². The van der Waals surface area contributed by atoms with Crippen molar-refractivity contribution >= 4 is 23.6 Å². The van der Waals surface area contributed by atoms with E-state index in [9.17, 15) is 14.4 Å². The number of aryl methyl sites for hydroxylation is 1. The minimum atomic E-state index is -0.822. The van der Waals surface area contributed by atoms with Gasteiger partial charge in [0.05, 0.1) is 17.0 Å². The van der Waals surface area contributed by atoms with Crippen molar-refractivity contribution in [3.63, 3.8) is 0 Å². The van der Waals surface area contributed by atoms with Gasteiger partial charge in [0.15, 0.2) is 0 Å². The number of hydrogen-bond acceptors (Lipinski definition) is 4. The van der Waals surface area contributed by atoms with Crippen LogP contribution in [0.3, 0.4) is 0 Å². The van der Waals surface area contributed by atoms with Crippen molar-refractivity contribution in [2.45, 2.75) is 25.8 Å². The maximum absolute atomic E-state index is 12.4. The highest BCUT2D eigenvalue weighted by Gasteiger charge is 2.43. The van der Waals surface area contributed by atoms with E-state index in [4.69, 9.17) is 5.41 Å². The van der Waals surface area contributed by atoms with Crippen molar-refractivity contribution in [3.05, 3.63) is 34.9 Å². The zero-order chi connectivity index (χ0) is 14.4. The van der Waals surface area contributed by atoms with E-state index in [2.05, 4.69) is 5.32 Å². The Morgan fingerprint density at radius 1 is 1.20 bits per heavy atom. The topological polar surface area (TPSA) is 90.3 Å². The Bertz CT molecular complexity index is 666. The average Bonchev–Trinajstić information content (AvgIpc) is 2.63. The third kappa shape index (κ3) is 1.72. The number of piperidine rings is 1. The van der Waals surface area contributed by atoms with E-state index in [1.165, 1.54) is 0 Å². The quantitative estimate of drug-likeness (QED) is 0.742. The maximum Gasteiger partial charge on any atom is 0.262 e. The number of hydrogen-bond donors (Lipinski definition) is 2. The summed E-state index contributed by atoms with van der Waals surface area (Å²) in [5.74, 6) is -1.20. The Hall–Kier alpha value is -2.50. The molecule has 6 nitrogen and oxygen atoms in total. The number of rotatable bonds is 1. The van der Waals surface area contributed by atoms with Crippen molar-refractivity contribution in [2.24, 2.45) is 0 Å². The van der Waals surface area contributed by atoms with Gasteiger partial charge in [-0.25, -0.2) is 0 Å². The maximum atomic E-state index is 12.4. The molecule has 0 saturated carbocycles. The summed E-state index contributed by atoms with van der Waals surface area (Å²) in [6.45, 7) is 1.84. The van der Waals surface area contributed by atoms with Gasteiger partial charge in [-0.15, -0.1) is 0 Å². The van der Waals surface area contributed by atoms with Gasteiger partial charge in [-0.1, -0.05) is 11.6 Å². The third-order valence-corrected chi connectivity index (χ3v) is 3.63. The summed E-state index contributed by atoms with van der Waals surface area (Å²) in [6, 6.07) is 4.23. The number of nitrogens with zero attached hydrogens (tertiary/aromatic N) is 1. The molecule has 20 heavy (non-hydrogen) atoms. The largest absolute Gasteiger partial charge is 0.313 e. The predicted molar refractivity (Wildman–Crippen MR) is 70.6 cm³/mol. The number of amides is 3. The van der Waals surface area contributed by atoms with E-state index in [0.29, 0.717) is 24.0 Å². The molecule has 6 heteroatoms. The van der Waals surface area contributed by atoms with Gasteiger partial charge in [0.1, 0.15) is 6.04 Å². The molecule has 3 rings (SSSR count). The summed E-state index contributed by atoms with van der Waals surface area (Å²) in [7, 11) is 0. The van der Waals surface area contributed by atoms with Crippen molar-refractivity contribution in [2.75, 3.05) is 0 Å². The van der Waals surface area contributed by atoms with Crippen LogP contribution in [-0.4, -0.2) is 34.5 Å². The molecule has 1 saturated heterocycles. The molecule has 0 spiro atoms. The number of carbonyl (C=O) groups is 3. The third-order valence-electron chi connectivity index (χ3n) is 3.63. The highest BCUT2D eigenvalue weighted by atomic mass is 16.2. The van der Waals surface area contributed by atoms with Crippen LogP contribution in [0.5, 0.6) is 0 Å². The van der Waals surface area contributed by atoms with Crippen molar-refractivity contribution in [3.8, 4) is 0 Å². The molecule has 102 valence electrons. The molecule has 1 fully saturated rings. The molecule has 3 amide bonds. The van der Waals surface area contributed by atoms with Crippen LogP contribution in [0.1, 0.15) is 39.1 Å². The Kier molecular flexibility index (Phi) is 2.67. The Morgan fingerprint density at radius 2 is 1.90 bits per heavy atom. The fourth-order valence-corrected chi connectivity index (χ4v) is 2.61. The number of carbonyl (C=O) groups excluding carboxylic acids is 3. The normalized spacial score (nSPS) is 22.1. The first-order valence-corrected chi connectivity index (χ1v) is 6.36. The molecule has 0 radical (unpaired) electrons. The average molecular weight is 271 g/mol. The van der Waals surface area contributed by atoms with Gasteiger partial charge in [0.25, 0.3) is 11.8 Å². The van der Waals surface area contributed by atoms with E-state index in [1.54, 1.807) is 18.2 Å². The van der Waals surface area contributed by atoms with Crippen LogP contribution in [0, 0.1) is 12.3 Å². The second-order valence-electron chi connectivity index (χ2n) is 5.05. The van der Waals surface area contributed by atoms with Crippen molar-refractivity contribution in [1.29, 1.82) is 5.41 Å². The minimum Gasteiger partial charge on any atom is -0.313 e. The van der Waals surface area contributed by atoms with Gasteiger partial charge >= 0.3 is 0 Å². The second kappa shape index (κ2) is 4.26. The molecule has 2 N–H and O–H groups in total. The Balaban J connectivity index is 1.97. The lowest BCUT2D eigenvalue weighted by Crippen LogP contribution is -2.54. The smallest absolute Gasteiger partial charge is 0.262 e. The van der Waals surface area contributed by atoms with E-state index in [1.807, 2.05) is 6.92 Å². The van der Waals surface area contributed by atoms with Crippen LogP contribution in [0.25, 0.3) is 0 Å². The Labute approximate surface area is 115 Å². The monoisotopic (exact) mass is 271 g/mol. The molecule has 2 heterocycles. The number of amidine groups is 1. The standard InChI is InChI=1S/C14H13N3O3/c1-7-2-3-8-9(6-7)14(20)17(13(8)19)10-4-5-11(15)16-12(10)18/h2-3,6,10H,4-5H2,1H3,(H2,15,16,18). The van der Waals surface area contributed by atoms with Crippen LogP contribution in [-0.2, 0) is 4.79 Å². The number of benzene rings is 1.